The van der Waals surface area contributed by atoms with Gasteiger partial charge in [-0.3, -0.25) is 14.5 Å². The minimum absolute atomic E-state index is 0.0676. The van der Waals surface area contributed by atoms with Crippen molar-refractivity contribution in [2.45, 2.75) is 25.5 Å². The minimum atomic E-state index is -0.290. The van der Waals surface area contributed by atoms with E-state index in [1.165, 1.54) is 39.1 Å². The number of thioether (sulfide) groups is 1. The summed E-state index contributed by atoms with van der Waals surface area (Å²) in [5, 5.41) is 3.06. The first kappa shape index (κ1) is 18.0. The number of thiocarbonyl (C=S) groups is 1. The predicted molar refractivity (Wildman–Crippen MR) is 106 cm³/mol. The molecule has 1 aliphatic rings. The van der Waals surface area contributed by atoms with Gasteiger partial charge in [-0.1, -0.05) is 53.8 Å². The van der Waals surface area contributed by atoms with Gasteiger partial charge >= 0.3 is 0 Å². The predicted octanol–water partition coefficient (Wildman–Crippen LogP) is 3.23. The third kappa shape index (κ3) is 4.45. The number of anilines is 1. The van der Waals surface area contributed by atoms with E-state index < -0.39 is 0 Å². The summed E-state index contributed by atoms with van der Waals surface area (Å²) in [4.78, 5) is 30.8. The van der Waals surface area contributed by atoms with Crippen molar-refractivity contribution in [3.05, 3.63) is 46.5 Å². The van der Waals surface area contributed by atoms with Gasteiger partial charge in [0.2, 0.25) is 11.8 Å². The highest BCUT2D eigenvalue weighted by molar-refractivity contribution is 8.24. The van der Waals surface area contributed by atoms with Crippen molar-refractivity contribution in [2.24, 2.45) is 0 Å². The zero-order valence-corrected chi connectivity index (χ0v) is 16.3. The maximum absolute atomic E-state index is 12.2. The number of aromatic nitrogens is 1. The van der Waals surface area contributed by atoms with Crippen molar-refractivity contribution in [1.29, 1.82) is 0 Å². The highest BCUT2D eigenvalue weighted by Crippen LogP contribution is 2.27. The molecule has 1 saturated heterocycles. The van der Waals surface area contributed by atoms with Crippen molar-refractivity contribution >= 4 is 56.6 Å². The average molecular weight is 392 g/mol. The molecule has 0 radical (unpaired) electrons. The average Bonchev–Trinajstić information content (AvgIpc) is 3.09. The number of amides is 2. The van der Waals surface area contributed by atoms with Gasteiger partial charge in [-0.25, -0.2) is 4.98 Å². The number of carbonyl (C=O) groups excluding carboxylic acids is 2. The van der Waals surface area contributed by atoms with Crippen LogP contribution in [0.1, 0.15) is 22.9 Å². The SMILES string of the molecule is Cc1ccc(Cc2cnc(NC(=O)CN3C(=O)C(C)SC3=S)s2)cc1. The van der Waals surface area contributed by atoms with Crippen LogP contribution in [0.2, 0.25) is 0 Å². The van der Waals surface area contributed by atoms with Crippen LogP contribution >= 0.6 is 35.3 Å². The summed E-state index contributed by atoms with van der Waals surface area (Å²) < 4.78 is 0.451. The van der Waals surface area contributed by atoms with Crippen molar-refractivity contribution in [3.63, 3.8) is 0 Å². The van der Waals surface area contributed by atoms with Crippen LogP contribution in [-0.2, 0) is 16.0 Å². The van der Waals surface area contributed by atoms with Crippen LogP contribution < -0.4 is 5.32 Å². The molecule has 8 heteroatoms. The fourth-order valence-electron chi connectivity index (χ4n) is 2.37. The Morgan fingerprint density at radius 2 is 2.08 bits per heavy atom. The van der Waals surface area contributed by atoms with E-state index in [1.807, 2.05) is 0 Å². The van der Waals surface area contributed by atoms with Gasteiger partial charge in [-0.2, -0.15) is 0 Å². The molecule has 0 bridgehead atoms. The molecule has 2 aromatic rings. The Kier molecular flexibility index (Phi) is 5.51. The van der Waals surface area contributed by atoms with E-state index >= 15 is 0 Å². The van der Waals surface area contributed by atoms with Gasteiger partial charge in [0.25, 0.3) is 0 Å². The summed E-state index contributed by atoms with van der Waals surface area (Å²) in [6.45, 7) is 3.78. The van der Waals surface area contributed by atoms with Gasteiger partial charge < -0.3 is 5.32 Å². The zero-order chi connectivity index (χ0) is 18.0. The van der Waals surface area contributed by atoms with E-state index in [2.05, 4.69) is 41.5 Å². The fourth-order valence-corrected chi connectivity index (χ4v) is 4.64. The summed E-state index contributed by atoms with van der Waals surface area (Å²) in [6, 6.07) is 8.33. The van der Waals surface area contributed by atoms with E-state index in [0.717, 1.165) is 11.3 Å². The molecule has 2 heterocycles. The summed E-state index contributed by atoms with van der Waals surface area (Å²) >= 11 is 7.88. The molecule has 1 N–H and O–H groups in total. The standard InChI is InChI=1S/C17H17N3O2S3/c1-10-3-5-12(6-4-10)7-13-8-18-16(25-13)19-14(21)9-20-15(22)11(2)24-17(20)23/h3-6,8,11H,7,9H2,1-2H3,(H,18,19,21). The Balaban J connectivity index is 1.57. The molecule has 1 aromatic carbocycles. The van der Waals surface area contributed by atoms with Crippen LogP contribution in [0.25, 0.3) is 0 Å². The van der Waals surface area contributed by atoms with Gasteiger partial charge in [0.05, 0.1) is 5.25 Å². The van der Waals surface area contributed by atoms with Gasteiger partial charge in [-0.15, -0.1) is 11.3 Å². The van der Waals surface area contributed by atoms with E-state index in [1.54, 1.807) is 13.1 Å². The number of thiazole rings is 1. The highest BCUT2D eigenvalue weighted by Gasteiger charge is 2.34. The molecule has 0 saturated carbocycles. The second-order valence-corrected chi connectivity index (χ2v) is 8.88. The number of rotatable bonds is 5. The minimum Gasteiger partial charge on any atom is -0.300 e. The Morgan fingerprint density at radius 1 is 1.36 bits per heavy atom. The maximum atomic E-state index is 12.2. The topological polar surface area (TPSA) is 62.3 Å². The second-order valence-electron chi connectivity index (χ2n) is 5.79. The van der Waals surface area contributed by atoms with Crippen LogP contribution in [-0.4, -0.2) is 37.8 Å². The van der Waals surface area contributed by atoms with Gasteiger partial charge in [0, 0.05) is 17.5 Å². The van der Waals surface area contributed by atoms with Crippen LogP contribution in [0, 0.1) is 6.92 Å². The van der Waals surface area contributed by atoms with Crippen LogP contribution in [0.4, 0.5) is 5.13 Å². The molecule has 2 amide bonds. The van der Waals surface area contributed by atoms with Crippen molar-refractivity contribution in [2.75, 3.05) is 11.9 Å². The monoisotopic (exact) mass is 391 g/mol. The van der Waals surface area contributed by atoms with Crippen LogP contribution in [0.3, 0.4) is 0 Å². The Morgan fingerprint density at radius 3 is 2.72 bits per heavy atom. The van der Waals surface area contributed by atoms with Crippen LogP contribution in [0.15, 0.2) is 30.5 Å². The lowest BCUT2D eigenvalue weighted by atomic mass is 10.1. The highest BCUT2D eigenvalue weighted by atomic mass is 32.2. The number of carbonyl (C=O) groups is 2. The molecule has 1 aromatic heterocycles. The first-order valence-corrected chi connectivity index (χ1v) is 9.85. The Hall–Kier alpha value is -1.77. The molecule has 5 nitrogen and oxygen atoms in total. The molecule has 1 fully saturated rings. The van der Waals surface area contributed by atoms with Gasteiger partial charge in [-0.05, 0) is 19.4 Å². The molecule has 3 rings (SSSR count). The molecule has 1 unspecified atom stereocenters. The third-order valence-corrected chi connectivity index (χ3v) is 6.11. The van der Waals surface area contributed by atoms with Gasteiger partial charge in [0.1, 0.15) is 10.9 Å². The van der Waals surface area contributed by atoms with Crippen molar-refractivity contribution in [1.82, 2.24) is 9.88 Å². The summed E-state index contributed by atoms with van der Waals surface area (Å²) in [5.41, 5.74) is 2.43. The van der Waals surface area contributed by atoms with Crippen molar-refractivity contribution < 1.29 is 9.59 Å². The molecule has 0 aliphatic carbocycles. The summed E-state index contributed by atoms with van der Waals surface area (Å²) in [7, 11) is 0. The quantitative estimate of drug-likeness (QED) is 0.793. The molecular formula is C17H17N3O2S3. The van der Waals surface area contributed by atoms with Crippen LogP contribution in [0.5, 0.6) is 0 Å². The smallest absolute Gasteiger partial charge is 0.246 e. The van der Waals surface area contributed by atoms with Crippen molar-refractivity contribution in [3.8, 4) is 0 Å². The maximum Gasteiger partial charge on any atom is 0.246 e. The number of hydrogen-bond acceptors (Lipinski definition) is 6. The van der Waals surface area contributed by atoms with Gasteiger partial charge in [0.15, 0.2) is 5.13 Å². The first-order valence-electron chi connectivity index (χ1n) is 7.74. The largest absolute Gasteiger partial charge is 0.300 e. The Bertz CT molecular complexity index is 817. The molecule has 1 aliphatic heterocycles. The van der Waals surface area contributed by atoms with E-state index in [9.17, 15) is 9.59 Å². The molecule has 0 spiro atoms. The number of aryl methyl sites for hydroxylation is 1. The Labute approximate surface area is 159 Å². The number of benzene rings is 1. The lowest BCUT2D eigenvalue weighted by Gasteiger charge is -2.13. The van der Waals surface area contributed by atoms with E-state index in [4.69, 9.17) is 12.2 Å². The lowest BCUT2D eigenvalue weighted by molar-refractivity contribution is -0.129. The molecule has 1 atom stereocenters. The second kappa shape index (κ2) is 7.63. The number of nitrogens with one attached hydrogen (secondary N) is 1. The summed E-state index contributed by atoms with van der Waals surface area (Å²) in [6.07, 6.45) is 2.54. The number of hydrogen-bond donors (Lipinski definition) is 1. The fraction of sp³-hybridized carbons (Fsp3) is 0.294. The summed E-state index contributed by atoms with van der Waals surface area (Å²) in [5.74, 6) is -0.411. The van der Waals surface area contributed by atoms with E-state index in [0.29, 0.717) is 9.45 Å². The molecule has 25 heavy (non-hydrogen) atoms. The normalized spacial score (nSPS) is 17.2. The molecular weight excluding hydrogens is 374 g/mol. The number of nitrogens with zero attached hydrogens (tertiary/aromatic N) is 2. The van der Waals surface area contributed by atoms with E-state index in [-0.39, 0.29) is 23.6 Å². The first-order chi connectivity index (χ1) is 11.9. The zero-order valence-electron chi connectivity index (χ0n) is 13.8. The molecule has 130 valence electrons. The lowest BCUT2D eigenvalue weighted by Crippen LogP contribution is -2.37. The third-order valence-electron chi connectivity index (χ3n) is 3.71.